The molecule has 2 heterocycles. The highest BCUT2D eigenvalue weighted by molar-refractivity contribution is 6.31. The number of hydrogen-bond donors (Lipinski definition) is 0. The van der Waals surface area contributed by atoms with Crippen LogP contribution in [0.3, 0.4) is 0 Å². The van der Waals surface area contributed by atoms with Gasteiger partial charge in [0.15, 0.2) is 0 Å². The average molecular weight is 542 g/mol. The van der Waals surface area contributed by atoms with Gasteiger partial charge in [0, 0.05) is 46.1 Å². The van der Waals surface area contributed by atoms with Crippen LogP contribution >= 0.6 is 11.6 Å². The Labute approximate surface area is 236 Å². The van der Waals surface area contributed by atoms with Gasteiger partial charge in [-0.3, -0.25) is 9.59 Å². The number of carbonyl (C=O) groups is 2. The molecule has 2 atom stereocenters. The number of nitrogens with zero attached hydrogens (tertiary/aromatic N) is 3. The molecule has 1 aromatic heterocycles. The molecule has 2 bridgehead atoms. The summed E-state index contributed by atoms with van der Waals surface area (Å²) in [7, 11) is 0. The van der Waals surface area contributed by atoms with E-state index >= 15 is 0 Å². The summed E-state index contributed by atoms with van der Waals surface area (Å²) in [5.74, 6) is -1.61. The van der Waals surface area contributed by atoms with Crippen molar-refractivity contribution in [1.82, 2.24) is 9.58 Å². The van der Waals surface area contributed by atoms with E-state index in [0.717, 1.165) is 49.3 Å². The van der Waals surface area contributed by atoms with Gasteiger partial charge in [0.2, 0.25) is 0 Å². The van der Waals surface area contributed by atoms with Crippen LogP contribution in [0.2, 0.25) is 5.02 Å². The van der Waals surface area contributed by atoms with Crippen molar-refractivity contribution in [3.05, 3.63) is 142 Å². The summed E-state index contributed by atoms with van der Waals surface area (Å²) in [5.41, 5.74) is 7.50. The zero-order chi connectivity index (χ0) is 27.0. The number of imide groups is 1. The minimum absolute atomic E-state index is 0.142. The normalized spacial score (nSPS) is 22.7. The van der Waals surface area contributed by atoms with E-state index in [-0.39, 0.29) is 23.7 Å². The van der Waals surface area contributed by atoms with Crippen LogP contribution in [0.25, 0.3) is 10.9 Å². The number of fused-ring (bicyclic) bond motifs is 1. The summed E-state index contributed by atoms with van der Waals surface area (Å²) in [4.78, 5) is 27.8. The van der Waals surface area contributed by atoms with Gasteiger partial charge in [0.1, 0.15) is 0 Å². The number of para-hydroxylation sites is 1. The Hall–Kier alpha value is -4.48. The molecule has 5 aromatic rings. The predicted octanol–water partition coefficient (Wildman–Crippen LogP) is 6.57. The number of hydrogen-bond acceptors (Lipinski definition) is 3. The second kappa shape index (κ2) is 8.77. The highest BCUT2D eigenvalue weighted by atomic mass is 35.5. The topological polar surface area (TPSA) is 54.7 Å². The Bertz CT molecular complexity index is 1770. The van der Waals surface area contributed by atoms with Gasteiger partial charge >= 0.3 is 0 Å². The van der Waals surface area contributed by atoms with Crippen molar-refractivity contribution in [3.63, 3.8) is 0 Å². The maximum atomic E-state index is 13.9. The van der Waals surface area contributed by atoms with E-state index in [1.807, 2.05) is 72.9 Å². The zero-order valence-electron chi connectivity index (χ0n) is 21.4. The lowest BCUT2D eigenvalue weighted by molar-refractivity contribution is -0.139. The lowest BCUT2D eigenvalue weighted by Gasteiger charge is -2.45. The van der Waals surface area contributed by atoms with Crippen molar-refractivity contribution in [2.75, 3.05) is 0 Å². The molecule has 0 N–H and O–H groups in total. The smallest absolute Gasteiger partial charge is 0.254 e. The molecule has 4 aliphatic rings. The molecule has 2 unspecified atom stereocenters. The van der Waals surface area contributed by atoms with Gasteiger partial charge in [-0.1, -0.05) is 96.5 Å². The molecule has 2 amide bonds. The van der Waals surface area contributed by atoms with Crippen LogP contribution in [0.15, 0.2) is 108 Å². The molecule has 9 rings (SSSR count). The monoisotopic (exact) mass is 541 g/mol. The number of rotatable bonds is 4. The lowest BCUT2D eigenvalue weighted by Crippen LogP contribution is -2.41. The van der Waals surface area contributed by atoms with Crippen LogP contribution in [0.5, 0.6) is 0 Å². The molecule has 0 saturated carbocycles. The Morgan fingerprint density at radius 2 is 1.23 bits per heavy atom. The number of aromatic nitrogens is 1. The fourth-order valence-corrected chi connectivity index (χ4v) is 7.41. The largest absolute Gasteiger partial charge is 0.342 e. The Morgan fingerprint density at radius 3 is 1.82 bits per heavy atom. The summed E-state index contributed by atoms with van der Waals surface area (Å²) in [5, 5.41) is 7.40. The molecule has 6 heteroatoms. The maximum absolute atomic E-state index is 13.9. The molecule has 1 fully saturated rings. The summed E-state index contributed by atoms with van der Waals surface area (Å²) in [6.45, 7) is 0.597. The molecule has 3 aliphatic carbocycles. The van der Waals surface area contributed by atoms with Crippen LogP contribution in [0.1, 0.15) is 45.2 Å². The number of halogens is 1. The summed E-state index contributed by atoms with van der Waals surface area (Å²) in [6, 6.07) is 32.4. The third kappa shape index (κ3) is 3.24. The van der Waals surface area contributed by atoms with Gasteiger partial charge in [0.05, 0.1) is 18.1 Å². The van der Waals surface area contributed by atoms with E-state index in [2.05, 4.69) is 40.0 Å². The van der Waals surface area contributed by atoms with Gasteiger partial charge in [-0.2, -0.15) is 10.1 Å². The van der Waals surface area contributed by atoms with Crippen LogP contribution in [-0.4, -0.2) is 27.6 Å². The zero-order valence-corrected chi connectivity index (χ0v) is 22.2. The van der Waals surface area contributed by atoms with Crippen molar-refractivity contribution >= 4 is 40.5 Å². The Kier molecular flexibility index (Phi) is 5.13. The molecule has 1 saturated heterocycles. The molecule has 0 spiro atoms. The first-order chi connectivity index (χ1) is 19.6. The van der Waals surface area contributed by atoms with Crippen molar-refractivity contribution in [2.24, 2.45) is 16.9 Å². The number of carbonyl (C=O) groups excluding carboxylic acids is 2. The standard InChI is InChI=1S/C34H24ClN3O2/c35-27-15-7-1-9-20(27)18-37-19-21(22-10-6-8-16-28(22)37)17-36-38-33(39)31-29-23-11-2-3-12-24(23)30(32(31)34(38)40)26-14-5-4-13-25(26)29/h1-17,19,29-32H,18H2/b36-17+. The third-order valence-electron chi connectivity index (χ3n) is 8.86. The lowest BCUT2D eigenvalue weighted by atomic mass is 9.55. The molecule has 0 radical (unpaired) electrons. The van der Waals surface area contributed by atoms with Crippen molar-refractivity contribution in [3.8, 4) is 0 Å². The van der Waals surface area contributed by atoms with Gasteiger partial charge in [-0.15, -0.1) is 0 Å². The van der Waals surface area contributed by atoms with Gasteiger partial charge < -0.3 is 4.57 Å². The van der Waals surface area contributed by atoms with Gasteiger partial charge in [-0.25, -0.2) is 0 Å². The van der Waals surface area contributed by atoms with Gasteiger partial charge in [0.25, 0.3) is 11.8 Å². The van der Waals surface area contributed by atoms with Crippen molar-refractivity contribution in [1.29, 1.82) is 0 Å². The van der Waals surface area contributed by atoms with Crippen LogP contribution in [-0.2, 0) is 16.1 Å². The minimum atomic E-state index is -0.444. The van der Waals surface area contributed by atoms with E-state index in [4.69, 9.17) is 11.6 Å². The molecule has 4 aromatic carbocycles. The summed E-state index contributed by atoms with van der Waals surface area (Å²) >= 11 is 6.45. The fourth-order valence-electron chi connectivity index (χ4n) is 7.21. The number of hydrazone groups is 1. The van der Waals surface area contributed by atoms with E-state index in [1.54, 1.807) is 6.21 Å². The molecule has 1 aliphatic heterocycles. The van der Waals surface area contributed by atoms with Crippen LogP contribution in [0, 0.1) is 11.8 Å². The van der Waals surface area contributed by atoms with Crippen molar-refractivity contribution in [2.45, 2.75) is 18.4 Å². The second-order valence-corrected chi connectivity index (χ2v) is 11.2. The highest BCUT2D eigenvalue weighted by Crippen LogP contribution is 2.60. The molecular weight excluding hydrogens is 518 g/mol. The average Bonchev–Trinajstić information content (AvgIpc) is 3.47. The Balaban J connectivity index is 1.17. The Morgan fingerprint density at radius 1 is 0.700 bits per heavy atom. The van der Waals surface area contributed by atoms with Crippen LogP contribution in [0.4, 0.5) is 0 Å². The first kappa shape index (κ1) is 23.4. The molecular formula is C34H24ClN3O2. The molecule has 40 heavy (non-hydrogen) atoms. The predicted molar refractivity (Wildman–Crippen MR) is 155 cm³/mol. The van der Waals surface area contributed by atoms with E-state index in [0.29, 0.717) is 11.6 Å². The van der Waals surface area contributed by atoms with E-state index in [9.17, 15) is 9.59 Å². The fraction of sp³-hybridized carbons (Fsp3) is 0.147. The highest BCUT2D eigenvalue weighted by Gasteiger charge is 2.61. The second-order valence-electron chi connectivity index (χ2n) is 10.8. The van der Waals surface area contributed by atoms with Crippen molar-refractivity contribution < 1.29 is 9.59 Å². The van der Waals surface area contributed by atoms with Crippen LogP contribution < -0.4 is 0 Å². The first-order valence-electron chi connectivity index (χ1n) is 13.5. The first-order valence-corrected chi connectivity index (χ1v) is 13.9. The minimum Gasteiger partial charge on any atom is -0.342 e. The maximum Gasteiger partial charge on any atom is 0.254 e. The third-order valence-corrected chi connectivity index (χ3v) is 9.22. The van der Waals surface area contributed by atoms with Gasteiger partial charge in [-0.05, 0) is 39.9 Å². The quantitative estimate of drug-likeness (QED) is 0.191. The number of amides is 2. The SMILES string of the molecule is O=C1C2C3c4ccccc4C(c4ccccc43)C2C(=O)N1/N=C/c1cn(Cc2ccccc2Cl)c2ccccc12. The molecule has 194 valence electrons. The molecule has 5 nitrogen and oxygen atoms in total. The summed E-state index contributed by atoms with van der Waals surface area (Å²) < 4.78 is 2.12. The van der Waals surface area contributed by atoms with E-state index in [1.165, 1.54) is 0 Å². The summed E-state index contributed by atoms with van der Waals surface area (Å²) in [6.07, 6.45) is 3.66. The van der Waals surface area contributed by atoms with E-state index < -0.39 is 11.8 Å². The number of benzene rings is 4.